The zero-order valence-electron chi connectivity index (χ0n) is 13.1. The van der Waals surface area contributed by atoms with Crippen LogP contribution in [0.4, 0.5) is 0 Å². The Labute approximate surface area is 131 Å². The summed E-state index contributed by atoms with van der Waals surface area (Å²) in [5, 5.41) is 18.9. The summed E-state index contributed by atoms with van der Waals surface area (Å²) in [7, 11) is 0. The smallest absolute Gasteiger partial charge is 0.128 e. The van der Waals surface area contributed by atoms with Crippen LogP contribution in [0.25, 0.3) is 0 Å². The standard InChI is InChI=1S/C18H26O4/c19-21-17(11-3-1-4-12-17)15-7-9-16(10-8-15)18(22-20)13-5-2-6-14-18/h7-10,19-20H,1-6,11-14H2. The van der Waals surface area contributed by atoms with E-state index in [0.29, 0.717) is 0 Å². The van der Waals surface area contributed by atoms with E-state index in [4.69, 9.17) is 9.78 Å². The minimum atomic E-state index is -0.559. The maximum absolute atomic E-state index is 9.45. The average Bonchev–Trinajstić information content (AvgIpc) is 2.63. The summed E-state index contributed by atoms with van der Waals surface area (Å²) in [6.45, 7) is 0. The van der Waals surface area contributed by atoms with E-state index in [0.717, 1.165) is 62.5 Å². The third kappa shape index (κ3) is 2.81. The summed E-state index contributed by atoms with van der Waals surface area (Å²) in [4.78, 5) is 9.84. The van der Waals surface area contributed by atoms with Crippen LogP contribution < -0.4 is 0 Å². The Morgan fingerprint density at radius 3 is 1.18 bits per heavy atom. The third-order valence-corrected chi connectivity index (χ3v) is 5.61. The minimum Gasteiger partial charge on any atom is -0.251 e. The van der Waals surface area contributed by atoms with E-state index in [9.17, 15) is 10.5 Å². The molecule has 0 amide bonds. The first-order valence-electron chi connectivity index (χ1n) is 8.51. The van der Waals surface area contributed by atoms with Gasteiger partial charge in [-0.05, 0) is 36.8 Å². The van der Waals surface area contributed by atoms with E-state index < -0.39 is 11.2 Å². The topological polar surface area (TPSA) is 58.9 Å². The van der Waals surface area contributed by atoms with Crippen LogP contribution in [0.1, 0.15) is 75.3 Å². The van der Waals surface area contributed by atoms with Gasteiger partial charge in [0.1, 0.15) is 11.2 Å². The lowest BCUT2D eigenvalue weighted by Gasteiger charge is -2.36. The highest BCUT2D eigenvalue weighted by molar-refractivity contribution is 5.31. The molecule has 0 unspecified atom stereocenters. The highest BCUT2D eigenvalue weighted by atomic mass is 17.1. The first kappa shape index (κ1) is 15.9. The molecule has 0 atom stereocenters. The van der Waals surface area contributed by atoms with Crippen LogP contribution in [0.2, 0.25) is 0 Å². The fourth-order valence-electron chi connectivity index (χ4n) is 4.19. The normalized spacial score (nSPS) is 24.1. The molecular weight excluding hydrogens is 280 g/mol. The molecule has 1 aromatic rings. The molecule has 0 radical (unpaired) electrons. The van der Waals surface area contributed by atoms with Crippen molar-refractivity contribution in [2.24, 2.45) is 0 Å². The Kier molecular flexibility index (Phi) is 4.83. The minimum absolute atomic E-state index is 0.559. The Morgan fingerprint density at radius 2 is 0.909 bits per heavy atom. The van der Waals surface area contributed by atoms with Gasteiger partial charge in [0.25, 0.3) is 0 Å². The van der Waals surface area contributed by atoms with Gasteiger partial charge >= 0.3 is 0 Å². The van der Waals surface area contributed by atoms with Gasteiger partial charge in [0, 0.05) is 0 Å². The average molecular weight is 306 g/mol. The van der Waals surface area contributed by atoms with Crippen molar-refractivity contribution in [1.29, 1.82) is 0 Å². The van der Waals surface area contributed by atoms with Gasteiger partial charge in [-0.15, -0.1) is 0 Å². The Balaban J connectivity index is 1.85. The summed E-state index contributed by atoms with van der Waals surface area (Å²) in [6.07, 6.45) is 10.1. The molecule has 0 aliphatic heterocycles. The Bertz CT molecular complexity index is 425. The SMILES string of the molecule is OOC1(c2ccc(C3(OO)CCCCC3)cc2)CCCCC1. The second kappa shape index (κ2) is 6.67. The van der Waals surface area contributed by atoms with E-state index >= 15 is 0 Å². The van der Waals surface area contributed by atoms with Gasteiger partial charge in [-0.25, -0.2) is 9.78 Å². The molecule has 2 aliphatic rings. The van der Waals surface area contributed by atoms with Crippen molar-refractivity contribution < 1.29 is 20.3 Å². The molecule has 0 saturated heterocycles. The largest absolute Gasteiger partial charge is 0.251 e. The number of hydrogen-bond acceptors (Lipinski definition) is 4. The van der Waals surface area contributed by atoms with Crippen LogP contribution in [0, 0.1) is 0 Å². The van der Waals surface area contributed by atoms with Gasteiger partial charge in [-0.1, -0.05) is 62.8 Å². The molecular formula is C18H26O4. The van der Waals surface area contributed by atoms with Gasteiger partial charge in [0.15, 0.2) is 0 Å². The molecule has 0 heterocycles. The molecule has 0 aromatic heterocycles. The molecule has 4 nitrogen and oxygen atoms in total. The van der Waals surface area contributed by atoms with Crippen LogP contribution in [0.15, 0.2) is 24.3 Å². The maximum atomic E-state index is 9.45. The van der Waals surface area contributed by atoms with E-state index in [-0.39, 0.29) is 0 Å². The van der Waals surface area contributed by atoms with Crippen molar-refractivity contribution in [2.75, 3.05) is 0 Å². The summed E-state index contributed by atoms with van der Waals surface area (Å²) in [6, 6.07) is 8.08. The summed E-state index contributed by atoms with van der Waals surface area (Å²) in [5.74, 6) is 0. The predicted molar refractivity (Wildman–Crippen MR) is 83.4 cm³/mol. The van der Waals surface area contributed by atoms with E-state index in [1.165, 1.54) is 12.8 Å². The van der Waals surface area contributed by atoms with Crippen LogP contribution in [0.3, 0.4) is 0 Å². The van der Waals surface area contributed by atoms with Crippen molar-refractivity contribution >= 4 is 0 Å². The van der Waals surface area contributed by atoms with Gasteiger partial charge in [0.05, 0.1) is 0 Å². The summed E-state index contributed by atoms with van der Waals surface area (Å²) >= 11 is 0. The molecule has 2 saturated carbocycles. The van der Waals surface area contributed by atoms with Gasteiger partial charge in [-0.3, -0.25) is 10.5 Å². The molecule has 4 heteroatoms. The van der Waals surface area contributed by atoms with E-state index in [1.54, 1.807) is 0 Å². The van der Waals surface area contributed by atoms with Crippen LogP contribution in [-0.4, -0.2) is 10.5 Å². The first-order chi connectivity index (χ1) is 10.7. The lowest BCUT2D eigenvalue weighted by molar-refractivity contribution is -0.338. The highest BCUT2D eigenvalue weighted by Gasteiger charge is 2.38. The second-order valence-corrected chi connectivity index (χ2v) is 6.87. The highest BCUT2D eigenvalue weighted by Crippen LogP contribution is 2.43. The molecule has 0 spiro atoms. The lowest BCUT2D eigenvalue weighted by Crippen LogP contribution is -2.33. The zero-order valence-corrected chi connectivity index (χ0v) is 13.1. The molecule has 2 aliphatic carbocycles. The summed E-state index contributed by atoms with van der Waals surface area (Å²) < 4.78 is 0. The lowest BCUT2D eigenvalue weighted by atomic mass is 9.76. The quantitative estimate of drug-likeness (QED) is 0.608. The van der Waals surface area contributed by atoms with Gasteiger partial charge in [0.2, 0.25) is 0 Å². The molecule has 2 N–H and O–H groups in total. The fraction of sp³-hybridized carbons (Fsp3) is 0.667. The van der Waals surface area contributed by atoms with Crippen LogP contribution in [0.5, 0.6) is 0 Å². The van der Waals surface area contributed by atoms with Crippen molar-refractivity contribution in [1.82, 2.24) is 0 Å². The van der Waals surface area contributed by atoms with Crippen molar-refractivity contribution in [2.45, 2.75) is 75.4 Å². The van der Waals surface area contributed by atoms with Gasteiger partial charge < -0.3 is 0 Å². The predicted octanol–water partition coefficient (Wildman–Crippen LogP) is 4.98. The second-order valence-electron chi connectivity index (χ2n) is 6.87. The van der Waals surface area contributed by atoms with Gasteiger partial charge in [-0.2, -0.15) is 0 Å². The first-order valence-corrected chi connectivity index (χ1v) is 8.51. The molecule has 2 fully saturated rings. The van der Waals surface area contributed by atoms with E-state index in [2.05, 4.69) is 0 Å². The van der Waals surface area contributed by atoms with Crippen molar-refractivity contribution in [3.8, 4) is 0 Å². The maximum Gasteiger partial charge on any atom is 0.128 e. The monoisotopic (exact) mass is 306 g/mol. The molecule has 22 heavy (non-hydrogen) atoms. The zero-order chi connectivity index (χ0) is 15.5. The van der Waals surface area contributed by atoms with Crippen LogP contribution >= 0.6 is 0 Å². The third-order valence-electron chi connectivity index (χ3n) is 5.61. The van der Waals surface area contributed by atoms with Crippen molar-refractivity contribution in [3.05, 3.63) is 35.4 Å². The molecule has 1 aromatic carbocycles. The molecule has 122 valence electrons. The summed E-state index contributed by atoms with van der Waals surface area (Å²) in [5.41, 5.74) is 0.914. The fourth-order valence-corrected chi connectivity index (χ4v) is 4.19. The Hall–Kier alpha value is -0.940. The van der Waals surface area contributed by atoms with E-state index in [1.807, 2.05) is 24.3 Å². The molecule has 0 bridgehead atoms. The Morgan fingerprint density at radius 1 is 0.591 bits per heavy atom. The molecule has 3 rings (SSSR count). The number of hydrogen-bond donors (Lipinski definition) is 2. The van der Waals surface area contributed by atoms with Crippen LogP contribution in [-0.2, 0) is 21.0 Å². The number of rotatable bonds is 4. The number of benzene rings is 1. The van der Waals surface area contributed by atoms with Crippen molar-refractivity contribution in [3.63, 3.8) is 0 Å².